The fraction of sp³-hybridized carbons (Fsp3) is 0.231. The highest BCUT2D eigenvalue weighted by Gasteiger charge is 2.22. The topological polar surface area (TPSA) is 93.0 Å². The van der Waals surface area contributed by atoms with E-state index in [1.165, 1.54) is 0 Å². The molecule has 0 atom stereocenters. The Morgan fingerprint density at radius 2 is 2.00 bits per heavy atom. The molecule has 1 aromatic heterocycles. The van der Waals surface area contributed by atoms with Gasteiger partial charge in [-0.3, -0.25) is 10.1 Å². The molecule has 1 heterocycles. The van der Waals surface area contributed by atoms with Crippen LogP contribution in [0.1, 0.15) is 11.3 Å². The summed E-state index contributed by atoms with van der Waals surface area (Å²) < 4.78 is 0.970. The Hall–Kier alpha value is -2.22. The number of nitro groups is 1. The van der Waals surface area contributed by atoms with Crippen molar-refractivity contribution in [2.24, 2.45) is 0 Å². The molecule has 0 aliphatic carbocycles. The van der Waals surface area contributed by atoms with E-state index < -0.39 is 4.92 Å². The predicted molar refractivity (Wildman–Crippen MR) is 85.1 cm³/mol. The first-order valence-corrected chi connectivity index (χ1v) is 6.95. The highest BCUT2D eigenvalue weighted by molar-refractivity contribution is 9.10. The highest BCUT2D eigenvalue weighted by atomic mass is 79.9. The smallest absolute Gasteiger partial charge is 0.332 e. The van der Waals surface area contributed by atoms with Crippen molar-refractivity contribution in [2.45, 2.75) is 13.8 Å². The summed E-state index contributed by atoms with van der Waals surface area (Å²) in [5, 5.41) is 17.0. The second kappa shape index (κ2) is 6.04. The minimum Gasteiger partial charge on any atom is -0.357 e. The van der Waals surface area contributed by atoms with Crippen LogP contribution in [0.25, 0.3) is 0 Å². The molecule has 2 N–H and O–H groups in total. The molecular formula is C13H14BrN5O2. The third-order valence-corrected chi connectivity index (χ3v) is 3.77. The summed E-state index contributed by atoms with van der Waals surface area (Å²) in [4.78, 5) is 18.9. The van der Waals surface area contributed by atoms with Gasteiger partial charge in [-0.1, -0.05) is 15.9 Å². The maximum Gasteiger partial charge on any atom is 0.332 e. The van der Waals surface area contributed by atoms with Crippen LogP contribution in [0.15, 0.2) is 22.7 Å². The molecule has 110 valence electrons. The standard InChI is InChI=1S/C13H14BrN5O2/c1-7-6-9(4-5-10(7)14)17-12-11(19(20)21)8(2)16-13(15-3)18-12/h4-6H,1-3H3,(H2,15,16,17,18). The van der Waals surface area contributed by atoms with Crippen LogP contribution in [0, 0.1) is 24.0 Å². The summed E-state index contributed by atoms with van der Waals surface area (Å²) in [6, 6.07) is 5.57. The number of aromatic nitrogens is 2. The van der Waals surface area contributed by atoms with E-state index in [1.54, 1.807) is 14.0 Å². The Bertz CT molecular complexity index is 705. The van der Waals surface area contributed by atoms with Gasteiger partial charge in [0.15, 0.2) is 0 Å². The average molecular weight is 352 g/mol. The Balaban J connectivity index is 2.48. The summed E-state index contributed by atoms with van der Waals surface area (Å²) in [6.07, 6.45) is 0. The molecule has 7 nitrogen and oxygen atoms in total. The van der Waals surface area contributed by atoms with Crippen molar-refractivity contribution in [1.29, 1.82) is 0 Å². The summed E-state index contributed by atoms with van der Waals surface area (Å²) in [6.45, 7) is 3.52. The second-order valence-corrected chi connectivity index (χ2v) is 5.28. The minimum absolute atomic E-state index is 0.130. The van der Waals surface area contributed by atoms with Crippen molar-refractivity contribution in [3.63, 3.8) is 0 Å². The zero-order chi connectivity index (χ0) is 15.6. The number of hydrogen-bond donors (Lipinski definition) is 2. The van der Waals surface area contributed by atoms with Gasteiger partial charge < -0.3 is 10.6 Å². The van der Waals surface area contributed by atoms with Crippen LogP contribution in [0.2, 0.25) is 0 Å². The molecule has 0 aliphatic heterocycles. The van der Waals surface area contributed by atoms with Crippen molar-refractivity contribution >= 4 is 39.1 Å². The monoisotopic (exact) mass is 351 g/mol. The molecule has 0 radical (unpaired) electrons. The summed E-state index contributed by atoms with van der Waals surface area (Å²) in [5.41, 5.74) is 1.91. The first-order valence-electron chi connectivity index (χ1n) is 6.16. The van der Waals surface area contributed by atoms with E-state index in [4.69, 9.17) is 0 Å². The molecule has 21 heavy (non-hydrogen) atoms. The number of anilines is 3. The zero-order valence-electron chi connectivity index (χ0n) is 11.8. The SMILES string of the molecule is CNc1nc(C)c([N+](=O)[O-])c(Nc2ccc(Br)c(C)c2)n1. The lowest BCUT2D eigenvalue weighted by atomic mass is 10.2. The van der Waals surface area contributed by atoms with Gasteiger partial charge in [-0.2, -0.15) is 4.98 Å². The van der Waals surface area contributed by atoms with Gasteiger partial charge in [0, 0.05) is 17.2 Å². The fourth-order valence-corrected chi connectivity index (χ4v) is 2.09. The summed E-state index contributed by atoms with van der Waals surface area (Å²) in [5.74, 6) is 0.494. The van der Waals surface area contributed by atoms with Gasteiger partial charge in [-0.15, -0.1) is 0 Å². The number of nitrogens with zero attached hydrogens (tertiary/aromatic N) is 3. The number of rotatable bonds is 4. The largest absolute Gasteiger partial charge is 0.357 e. The van der Waals surface area contributed by atoms with E-state index in [1.807, 2.05) is 25.1 Å². The van der Waals surface area contributed by atoms with Gasteiger partial charge in [0.1, 0.15) is 5.69 Å². The average Bonchev–Trinajstić information content (AvgIpc) is 2.41. The number of benzene rings is 1. The van der Waals surface area contributed by atoms with E-state index in [-0.39, 0.29) is 11.5 Å². The van der Waals surface area contributed by atoms with Gasteiger partial charge in [-0.25, -0.2) is 4.98 Å². The van der Waals surface area contributed by atoms with Crippen LogP contribution >= 0.6 is 15.9 Å². The van der Waals surface area contributed by atoms with Crippen molar-refractivity contribution in [1.82, 2.24) is 9.97 Å². The lowest BCUT2D eigenvalue weighted by molar-refractivity contribution is -0.385. The quantitative estimate of drug-likeness (QED) is 0.646. The van der Waals surface area contributed by atoms with E-state index in [9.17, 15) is 10.1 Å². The third kappa shape index (κ3) is 3.27. The van der Waals surface area contributed by atoms with Gasteiger partial charge in [0.2, 0.25) is 11.8 Å². The van der Waals surface area contributed by atoms with Gasteiger partial charge >= 0.3 is 5.69 Å². The second-order valence-electron chi connectivity index (χ2n) is 4.43. The molecule has 2 aromatic rings. The van der Waals surface area contributed by atoms with Gasteiger partial charge in [-0.05, 0) is 37.6 Å². The Labute approximate surface area is 130 Å². The zero-order valence-corrected chi connectivity index (χ0v) is 13.4. The Morgan fingerprint density at radius 3 is 2.57 bits per heavy atom. The number of halogens is 1. The molecule has 2 rings (SSSR count). The van der Waals surface area contributed by atoms with E-state index in [0.717, 1.165) is 15.7 Å². The Morgan fingerprint density at radius 1 is 1.29 bits per heavy atom. The predicted octanol–water partition coefficient (Wildman–Crippen LogP) is 3.55. The van der Waals surface area contributed by atoms with Crippen LogP contribution in [-0.2, 0) is 0 Å². The highest BCUT2D eigenvalue weighted by Crippen LogP contribution is 2.30. The Kier molecular flexibility index (Phi) is 4.37. The summed E-state index contributed by atoms with van der Waals surface area (Å²) in [7, 11) is 1.66. The van der Waals surface area contributed by atoms with Gasteiger partial charge in [0.05, 0.1) is 4.92 Å². The van der Waals surface area contributed by atoms with Crippen LogP contribution in [-0.4, -0.2) is 21.9 Å². The lowest BCUT2D eigenvalue weighted by Gasteiger charge is -2.10. The molecule has 0 saturated carbocycles. The molecule has 0 unspecified atom stereocenters. The molecular weight excluding hydrogens is 338 g/mol. The van der Waals surface area contributed by atoms with Crippen molar-refractivity contribution in [3.8, 4) is 0 Å². The minimum atomic E-state index is -0.483. The fourth-order valence-electron chi connectivity index (χ4n) is 1.84. The maximum absolute atomic E-state index is 11.2. The molecule has 0 spiro atoms. The molecule has 0 fully saturated rings. The maximum atomic E-state index is 11.2. The van der Waals surface area contributed by atoms with Crippen LogP contribution in [0.5, 0.6) is 0 Å². The van der Waals surface area contributed by atoms with E-state index >= 15 is 0 Å². The van der Waals surface area contributed by atoms with Crippen molar-refractivity contribution in [2.75, 3.05) is 17.7 Å². The van der Waals surface area contributed by atoms with Crippen molar-refractivity contribution in [3.05, 3.63) is 44.0 Å². The number of hydrogen-bond acceptors (Lipinski definition) is 6. The molecule has 0 bridgehead atoms. The van der Waals surface area contributed by atoms with Crippen LogP contribution < -0.4 is 10.6 Å². The number of nitrogens with one attached hydrogen (secondary N) is 2. The number of aryl methyl sites for hydroxylation is 2. The summed E-state index contributed by atoms with van der Waals surface area (Å²) >= 11 is 3.42. The third-order valence-electron chi connectivity index (χ3n) is 2.89. The molecule has 0 saturated heterocycles. The van der Waals surface area contributed by atoms with E-state index in [2.05, 4.69) is 36.5 Å². The normalized spacial score (nSPS) is 10.3. The first-order chi connectivity index (χ1) is 9.92. The molecule has 1 aromatic carbocycles. The van der Waals surface area contributed by atoms with E-state index in [0.29, 0.717) is 11.6 Å². The first kappa shape index (κ1) is 15.2. The molecule has 0 aliphatic rings. The molecule has 0 amide bonds. The van der Waals surface area contributed by atoms with Crippen molar-refractivity contribution < 1.29 is 4.92 Å². The van der Waals surface area contributed by atoms with Crippen LogP contribution in [0.3, 0.4) is 0 Å². The lowest BCUT2D eigenvalue weighted by Crippen LogP contribution is -2.07. The van der Waals surface area contributed by atoms with Crippen LogP contribution in [0.4, 0.5) is 23.1 Å². The van der Waals surface area contributed by atoms with Gasteiger partial charge in [0.25, 0.3) is 0 Å². The molecule has 8 heteroatoms.